The predicted octanol–water partition coefficient (Wildman–Crippen LogP) is 9.08. The zero-order valence-electron chi connectivity index (χ0n) is 35.1. The highest BCUT2D eigenvalue weighted by atomic mass is 16.6. The fourth-order valence-electron chi connectivity index (χ4n) is 7.30. The molecule has 6 rings (SSSR count). The largest absolute Gasteiger partial charge is 0.459 e. The summed E-state index contributed by atoms with van der Waals surface area (Å²) in [4.78, 5) is 48.6. The quantitative estimate of drug-likeness (QED) is 0.0430. The lowest BCUT2D eigenvalue weighted by molar-refractivity contribution is -0.139. The van der Waals surface area contributed by atoms with Crippen LogP contribution in [0.3, 0.4) is 0 Å². The van der Waals surface area contributed by atoms with Crippen molar-refractivity contribution in [2.75, 3.05) is 22.9 Å². The molecule has 0 saturated heterocycles. The summed E-state index contributed by atoms with van der Waals surface area (Å²) in [5, 5.41) is 0. The van der Waals surface area contributed by atoms with Gasteiger partial charge in [0.15, 0.2) is 0 Å². The van der Waals surface area contributed by atoms with Gasteiger partial charge < -0.3 is 41.9 Å². The SMILES string of the molecule is CC1CCC(OC(=O)c2ccc(/C=C/C(=O)OCc3cc(N)cc(N)c3)cc2)CC1.CCC1CCC(OC(=O)c2ccc(/C=C/C(=O)OCc3cc(N)cc(N)c3)cc2)CC1. The van der Waals surface area contributed by atoms with E-state index in [4.69, 9.17) is 41.9 Å². The number of rotatable bonds is 13. The van der Waals surface area contributed by atoms with Gasteiger partial charge in [0.2, 0.25) is 0 Å². The van der Waals surface area contributed by atoms with Crippen LogP contribution in [0.2, 0.25) is 0 Å². The molecule has 8 N–H and O–H groups in total. The van der Waals surface area contributed by atoms with E-state index in [-0.39, 0.29) is 37.4 Å². The number of anilines is 4. The van der Waals surface area contributed by atoms with Crippen LogP contribution < -0.4 is 22.9 Å². The Hall–Kier alpha value is -6.56. The number of nitrogens with two attached hydrogens (primary N) is 4. The molecule has 0 bridgehead atoms. The van der Waals surface area contributed by atoms with E-state index in [2.05, 4.69) is 13.8 Å². The van der Waals surface area contributed by atoms with Crippen molar-refractivity contribution >= 4 is 58.8 Å². The lowest BCUT2D eigenvalue weighted by Crippen LogP contribution is -2.24. The monoisotopic (exact) mass is 830 g/mol. The van der Waals surface area contributed by atoms with Crippen LogP contribution >= 0.6 is 0 Å². The highest BCUT2D eigenvalue weighted by Crippen LogP contribution is 2.29. The lowest BCUT2D eigenvalue weighted by atomic mass is 9.86. The molecule has 61 heavy (non-hydrogen) atoms. The molecule has 2 aliphatic carbocycles. The summed E-state index contributed by atoms with van der Waals surface area (Å²) in [5.41, 5.74) is 29.0. The molecule has 2 aliphatic rings. The van der Waals surface area contributed by atoms with E-state index in [0.29, 0.717) is 39.8 Å². The van der Waals surface area contributed by atoms with E-state index in [9.17, 15) is 19.2 Å². The van der Waals surface area contributed by atoms with Gasteiger partial charge in [0.1, 0.15) is 25.4 Å². The Morgan fingerprint density at radius 2 is 0.902 bits per heavy atom. The maximum absolute atomic E-state index is 12.4. The smallest absolute Gasteiger partial charge is 0.338 e. The minimum Gasteiger partial charge on any atom is -0.459 e. The van der Waals surface area contributed by atoms with E-state index in [1.54, 1.807) is 97.1 Å². The Labute approximate surface area is 358 Å². The zero-order chi connectivity index (χ0) is 43.7. The lowest BCUT2D eigenvalue weighted by Gasteiger charge is -2.27. The van der Waals surface area contributed by atoms with Crippen LogP contribution in [0.15, 0.2) is 97.1 Å². The number of carbonyl (C=O) groups is 4. The topological polar surface area (TPSA) is 209 Å². The van der Waals surface area contributed by atoms with Crippen molar-refractivity contribution in [3.05, 3.63) is 130 Å². The number of benzene rings is 4. The summed E-state index contributed by atoms with van der Waals surface area (Å²) in [6.45, 7) is 4.61. The second-order valence-corrected chi connectivity index (χ2v) is 15.9. The summed E-state index contributed by atoms with van der Waals surface area (Å²) < 4.78 is 21.7. The van der Waals surface area contributed by atoms with Gasteiger partial charge in [0.25, 0.3) is 0 Å². The van der Waals surface area contributed by atoms with Gasteiger partial charge in [0, 0.05) is 34.9 Å². The number of hydrogen-bond donors (Lipinski definition) is 4. The maximum Gasteiger partial charge on any atom is 0.338 e. The average Bonchev–Trinajstić information content (AvgIpc) is 3.24. The van der Waals surface area contributed by atoms with Crippen LogP contribution in [0.25, 0.3) is 12.2 Å². The molecule has 322 valence electrons. The van der Waals surface area contributed by atoms with Gasteiger partial charge in [-0.2, -0.15) is 0 Å². The normalized spacial score (nSPS) is 18.7. The second-order valence-electron chi connectivity index (χ2n) is 15.9. The summed E-state index contributed by atoms with van der Waals surface area (Å²) >= 11 is 0. The molecular weight excluding hydrogens is 773 g/mol. The molecule has 0 heterocycles. The van der Waals surface area contributed by atoms with Crippen LogP contribution in [0.4, 0.5) is 22.7 Å². The third-order valence-corrected chi connectivity index (χ3v) is 10.8. The Balaban J connectivity index is 0.000000231. The standard InChI is InChI=1S/C25H30N2O4.C24H28N2O4/c1-2-17-5-10-23(11-6-17)31-25(29)20-8-3-18(4-9-20)7-12-24(28)30-16-19-13-21(26)15-22(27)14-19;1-16-2-9-22(10-3-16)30-24(28)19-7-4-17(5-8-19)6-11-23(27)29-15-18-12-20(25)14-21(26)13-18/h3-4,7-9,12-15,17,23H,2,5-6,10-11,16,26-27H2,1H3;4-8,11-14,16,22H,2-3,9-10,15,25-26H2,1H3/b12-7+;11-6+. The van der Waals surface area contributed by atoms with Gasteiger partial charge in [-0.25, -0.2) is 19.2 Å². The number of carbonyl (C=O) groups excluding carboxylic acids is 4. The minimum absolute atomic E-state index is 0.0124. The van der Waals surface area contributed by atoms with Gasteiger partial charge in [0.05, 0.1) is 11.1 Å². The molecule has 0 aromatic heterocycles. The van der Waals surface area contributed by atoms with Crippen molar-refractivity contribution in [3.63, 3.8) is 0 Å². The molecule has 4 aromatic carbocycles. The van der Waals surface area contributed by atoms with Gasteiger partial charge in [-0.3, -0.25) is 0 Å². The van der Waals surface area contributed by atoms with Crippen LogP contribution in [0, 0.1) is 11.8 Å². The van der Waals surface area contributed by atoms with Crippen molar-refractivity contribution in [1.29, 1.82) is 0 Å². The first-order chi connectivity index (χ1) is 29.3. The molecule has 0 radical (unpaired) electrons. The molecular formula is C49H58N4O8. The number of hydrogen-bond acceptors (Lipinski definition) is 12. The Morgan fingerprint density at radius 3 is 1.26 bits per heavy atom. The van der Waals surface area contributed by atoms with Gasteiger partial charge in [-0.05, 0) is 158 Å². The van der Waals surface area contributed by atoms with Gasteiger partial charge >= 0.3 is 23.9 Å². The van der Waals surface area contributed by atoms with Crippen molar-refractivity contribution in [1.82, 2.24) is 0 Å². The Kier molecular flexibility index (Phi) is 16.9. The first-order valence-corrected chi connectivity index (χ1v) is 20.9. The van der Waals surface area contributed by atoms with E-state index in [0.717, 1.165) is 79.5 Å². The fraction of sp³-hybridized carbons (Fsp3) is 0.347. The summed E-state index contributed by atoms with van der Waals surface area (Å²) in [6.07, 6.45) is 15.4. The van der Waals surface area contributed by atoms with E-state index in [1.165, 1.54) is 18.6 Å². The zero-order valence-corrected chi connectivity index (χ0v) is 35.1. The molecule has 12 nitrogen and oxygen atoms in total. The van der Waals surface area contributed by atoms with Crippen molar-refractivity contribution < 1.29 is 38.1 Å². The number of esters is 4. The second kappa shape index (κ2) is 22.7. The van der Waals surface area contributed by atoms with E-state index in [1.807, 2.05) is 0 Å². The highest BCUT2D eigenvalue weighted by molar-refractivity contribution is 5.91. The van der Waals surface area contributed by atoms with E-state index >= 15 is 0 Å². The van der Waals surface area contributed by atoms with Crippen LogP contribution in [-0.4, -0.2) is 36.1 Å². The van der Waals surface area contributed by atoms with Gasteiger partial charge in [-0.1, -0.05) is 44.5 Å². The molecule has 4 aromatic rings. The highest BCUT2D eigenvalue weighted by Gasteiger charge is 2.24. The molecule has 0 spiro atoms. The molecule has 2 fully saturated rings. The minimum atomic E-state index is -0.481. The first kappa shape index (κ1) is 45.5. The molecule has 0 unspecified atom stereocenters. The Morgan fingerprint density at radius 1 is 0.541 bits per heavy atom. The summed E-state index contributed by atoms with van der Waals surface area (Å²) in [7, 11) is 0. The molecule has 0 amide bonds. The molecule has 0 atom stereocenters. The van der Waals surface area contributed by atoms with Crippen LogP contribution in [0.1, 0.15) is 115 Å². The third kappa shape index (κ3) is 15.5. The first-order valence-electron chi connectivity index (χ1n) is 20.9. The predicted molar refractivity (Wildman–Crippen MR) is 239 cm³/mol. The van der Waals surface area contributed by atoms with E-state index < -0.39 is 11.9 Å². The molecule has 0 aliphatic heterocycles. The van der Waals surface area contributed by atoms with Crippen molar-refractivity contribution in [2.45, 2.75) is 97.1 Å². The van der Waals surface area contributed by atoms with Crippen molar-refractivity contribution in [3.8, 4) is 0 Å². The average molecular weight is 831 g/mol. The van der Waals surface area contributed by atoms with Crippen LogP contribution in [-0.2, 0) is 41.8 Å². The van der Waals surface area contributed by atoms with Crippen LogP contribution in [0.5, 0.6) is 0 Å². The van der Waals surface area contributed by atoms with Crippen molar-refractivity contribution in [2.24, 2.45) is 11.8 Å². The number of nitrogen functional groups attached to an aromatic ring is 4. The third-order valence-electron chi connectivity index (χ3n) is 10.8. The fourth-order valence-corrected chi connectivity index (χ4v) is 7.30. The molecule has 2 saturated carbocycles. The number of ether oxygens (including phenoxy) is 4. The summed E-state index contributed by atoms with van der Waals surface area (Å²) in [5.74, 6) is -0.0845. The summed E-state index contributed by atoms with van der Waals surface area (Å²) in [6, 6.07) is 24.0. The molecule has 12 heteroatoms. The maximum atomic E-state index is 12.4. The Bertz CT molecular complexity index is 2110. The van der Waals surface area contributed by atoms with Gasteiger partial charge in [-0.15, -0.1) is 0 Å².